The van der Waals surface area contributed by atoms with E-state index in [1.54, 1.807) is 25.1 Å². The number of esters is 1. The molecular weight excluding hydrogens is 398 g/mol. The van der Waals surface area contributed by atoms with Gasteiger partial charge in [-0.1, -0.05) is 6.07 Å². The zero-order valence-corrected chi connectivity index (χ0v) is 17.7. The lowest BCUT2D eigenvalue weighted by atomic mass is 10.1. The van der Waals surface area contributed by atoms with Crippen LogP contribution in [-0.4, -0.2) is 41.8 Å². The predicted octanol–water partition coefficient (Wildman–Crippen LogP) is 2.76. The van der Waals surface area contributed by atoms with Crippen molar-refractivity contribution in [1.82, 2.24) is 4.72 Å². The van der Waals surface area contributed by atoms with Gasteiger partial charge in [-0.05, 0) is 43.7 Å². The van der Waals surface area contributed by atoms with Crippen LogP contribution < -0.4 is 18.9 Å². The molecule has 0 saturated carbocycles. The highest BCUT2D eigenvalue weighted by Crippen LogP contribution is 2.30. The summed E-state index contributed by atoms with van der Waals surface area (Å²) < 4.78 is 48.7. The van der Waals surface area contributed by atoms with Crippen LogP contribution in [0.2, 0.25) is 0 Å². The van der Waals surface area contributed by atoms with E-state index in [0.717, 1.165) is 0 Å². The molecule has 0 fully saturated rings. The second-order valence-corrected chi connectivity index (χ2v) is 7.59. The summed E-state index contributed by atoms with van der Waals surface area (Å²) in [5.74, 6) is 0.608. The third-order valence-corrected chi connectivity index (χ3v) is 5.36. The first-order valence-corrected chi connectivity index (χ1v) is 10.5. The first-order chi connectivity index (χ1) is 13.9. The summed E-state index contributed by atoms with van der Waals surface area (Å²) in [6.07, 6.45) is 0. The zero-order chi connectivity index (χ0) is 21.4. The normalized spacial score (nSPS) is 11.0. The predicted molar refractivity (Wildman–Crippen MR) is 107 cm³/mol. The van der Waals surface area contributed by atoms with E-state index >= 15 is 0 Å². The number of rotatable bonds is 10. The summed E-state index contributed by atoms with van der Waals surface area (Å²) in [5, 5.41) is 0. The quantitative estimate of drug-likeness (QED) is 0.587. The highest BCUT2D eigenvalue weighted by molar-refractivity contribution is 7.89. The van der Waals surface area contributed by atoms with Crippen molar-refractivity contribution in [2.45, 2.75) is 25.3 Å². The molecular formula is C20H25NO7S. The smallest absolute Gasteiger partial charge is 0.341 e. The highest BCUT2D eigenvalue weighted by atomic mass is 32.2. The molecule has 0 saturated heterocycles. The van der Waals surface area contributed by atoms with Crippen LogP contribution in [0, 0.1) is 0 Å². The molecule has 0 aliphatic heterocycles. The summed E-state index contributed by atoms with van der Waals surface area (Å²) in [7, 11) is -1.12. The van der Waals surface area contributed by atoms with Gasteiger partial charge >= 0.3 is 5.97 Å². The maximum atomic E-state index is 12.7. The highest BCUT2D eigenvalue weighted by Gasteiger charge is 2.19. The van der Waals surface area contributed by atoms with Crippen molar-refractivity contribution in [3.8, 4) is 17.2 Å². The van der Waals surface area contributed by atoms with Crippen LogP contribution in [0.15, 0.2) is 41.3 Å². The Balaban J connectivity index is 2.24. The Morgan fingerprint density at radius 3 is 2.21 bits per heavy atom. The summed E-state index contributed by atoms with van der Waals surface area (Å²) in [5.41, 5.74) is 0.789. The fourth-order valence-corrected chi connectivity index (χ4v) is 3.63. The Hall–Kier alpha value is -2.78. The summed E-state index contributed by atoms with van der Waals surface area (Å²) in [4.78, 5) is 11.9. The van der Waals surface area contributed by atoms with Gasteiger partial charge < -0.3 is 18.9 Å². The van der Waals surface area contributed by atoms with Crippen LogP contribution in [0.4, 0.5) is 0 Å². The molecule has 0 aliphatic carbocycles. The molecule has 158 valence electrons. The number of ether oxygens (including phenoxy) is 4. The van der Waals surface area contributed by atoms with Crippen LogP contribution in [-0.2, 0) is 21.3 Å². The van der Waals surface area contributed by atoms with Gasteiger partial charge in [0.15, 0.2) is 11.5 Å². The molecule has 2 rings (SSSR count). The number of nitrogens with one attached hydrogen (secondary N) is 1. The van der Waals surface area contributed by atoms with Gasteiger partial charge in [-0.3, -0.25) is 0 Å². The third-order valence-electron chi connectivity index (χ3n) is 3.96. The van der Waals surface area contributed by atoms with Crippen molar-refractivity contribution < 1.29 is 32.2 Å². The number of sulfonamides is 1. The molecule has 0 aliphatic rings. The minimum absolute atomic E-state index is 0.0203. The second kappa shape index (κ2) is 10.1. The van der Waals surface area contributed by atoms with Gasteiger partial charge in [0.1, 0.15) is 11.3 Å². The van der Waals surface area contributed by atoms with Crippen LogP contribution in [0.3, 0.4) is 0 Å². The van der Waals surface area contributed by atoms with Crippen molar-refractivity contribution >= 4 is 16.0 Å². The molecule has 0 unspecified atom stereocenters. The van der Waals surface area contributed by atoms with Crippen molar-refractivity contribution in [3.63, 3.8) is 0 Å². The Morgan fingerprint density at radius 1 is 0.931 bits per heavy atom. The SMILES string of the molecule is CCOc1ccc(S(=O)(=O)NCc2ccc(OC)c(C(=O)OC)c2)cc1OCC. The number of hydrogen-bond donors (Lipinski definition) is 1. The topological polar surface area (TPSA) is 100 Å². The van der Waals surface area contributed by atoms with E-state index in [9.17, 15) is 13.2 Å². The van der Waals surface area contributed by atoms with Gasteiger partial charge in [0.25, 0.3) is 0 Å². The Labute approximate surface area is 170 Å². The molecule has 0 amide bonds. The van der Waals surface area contributed by atoms with Crippen LogP contribution in [0.1, 0.15) is 29.8 Å². The molecule has 0 atom stereocenters. The summed E-state index contributed by atoms with van der Waals surface area (Å²) in [6.45, 7) is 4.42. The standard InChI is InChI=1S/C20H25NO7S/c1-5-27-18-10-8-15(12-19(18)28-6-2)29(23,24)21-13-14-7-9-17(25-3)16(11-14)20(22)26-4/h7-12,21H,5-6,13H2,1-4H3. The van der Waals surface area contributed by atoms with E-state index in [4.69, 9.17) is 18.9 Å². The van der Waals surface area contributed by atoms with Crippen molar-refractivity contribution in [2.24, 2.45) is 0 Å². The Kier molecular flexibility index (Phi) is 7.86. The third kappa shape index (κ3) is 5.61. The van der Waals surface area contributed by atoms with E-state index < -0.39 is 16.0 Å². The van der Waals surface area contributed by atoms with Crippen molar-refractivity contribution in [1.29, 1.82) is 0 Å². The molecule has 0 spiro atoms. The van der Waals surface area contributed by atoms with Crippen LogP contribution >= 0.6 is 0 Å². The molecule has 2 aromatic carbocycles. The van der Waals surface area contributed by atoms with Gasteiger partial charge in [0, 0.05) is 12.6 Å². The second-order valence-electron chi connectivity index (χ2n) is 5.83. The molecule has 29 heavy (non-hydrogen) atoms. The van der Waals surface area contributed by atoms with E-state index in [2.05, 4.69) is 4.72 Å². The molecule has 0 aromatic heterocycles. The lowest BCUT2D eigenvalue weighted by Crippen LogP contribution is -2.23. The number of hydrogen-bond acceptors (Lipinski definition) is 7. The van der Waals surface area contributed by atoms with Crippen molar-refractivity contribution in [3.05, 3.63) is 47.5 Å². The number of carbonyl (C=O) groups is 1. The zero-order valence-electron chi connectivity index (χ0n) is 16.9. The van der Waals surface area contributed by atoms with Crippen molar-refractivity contribution in [2.75, 3.05) is 27.4 Å². The molecule has 0 heterocycles. The lowest BCUT2D eigenvalue weighted by Gasteiger charge is -2.13. The maximum Gasteiger partial charge on any atom is 0.341 e. The minimum atomic E-state index is -3.82. The van der Waals surface area contributed by atoms with E-state index in [1.807, 2.05) is 6.92 Å². The first-order valence-electron chi connectivity index (χ1n) is 9.00. The fourth-order valence-electron chi connectivity index (χ4n) is 2.59. The van der Waals surface area contributed by atoms with E-state index in [1.165, 1.54) is 32.4 Å². The number of benzene rings is 2. The van der Waals surface area contributed by atoms with Crippen LogP contribution in [0.5, 0.6) is 17.2 Å². The summed E-state index contributed by atoms with van der Waals surface area (Å²) >= 11 is 0. The van der Waals surface area contributed by atoms with Gasteiger partial charge in [-0.25, -0.2) is 17.9 Å². The van der Waals surface area contributed by atoms with Gasteiger partial charge in [0.05, 0.1) is 32.3 Å². The molecule has 0 bridgehead atoms. The monoisotopic (exact) mass is 423 g/mol. The Bertz CT molecular complexity index is 957. The molecule has 0 radical (unpaired) electrons. The first kappa shape index (κ1) is 22.5. The van der Waals surface area contributed by atoms with Crippen LogP contribution in [0.25, 0.3) is 0 Å². The van der Waals surface area contributed by atoms with Gasteiger partial charge in [0.2, 0.25) is 10.0 Å². The van der Waals surface area contributed by atoms with Gasteiger partial charge in [-0.2, -0.15) is 0 Å². The molecule has 8 nitrogen and oxygen atoms in total. The maximum absolute atomic E-state index is 12.7. The largest absolute Gasteiger partial charge is 0.496 e. The number of carbonyl (C=O) groups excluding carboxylic acids is 1. The fraction of sp³-hybridized carbons (Fsp3) is 0.350. The lowest BCUT2D eigenvalue weighted by molar-refractivity contribution is 0.0597. The minimum Gasteiger partial charge on any atom is -0.496 e. The Morgan fingerprint density at radius 2 is 1.59 bits per heavy atom. The van der Waals surface area contributed by atoms with Gasteiger partial charge in [-0.15, -0.1) is 0 Å². The molecule has 1 N–H and O–H groups in total. The number of methoxy groups -OCH3 is 2. The van der Waals surface area contributed by atoms with E-state index in [-0.39, 0.29) is 17.0 Å². The molecule has 2 aromatic rings. The van der Waals surface area contributed by atoms with E-state index in [0.29, 0.717) is 36.0 Å². The molecule has 9 heteroatoms. The summed E-state index contributed by atoms with van der Waals surface area (Å²) in [6, 6.07) is 9.20. The average molecular weight is 423 g/mol. The average Bonchev–Trinajstić information content (AvgIpc) is 2.73.